The summed E-state index contributed by atoms with van der Waals surface area (Å²) < 4.78 is 0. The van der Waals surface area contributed by atoms with E-state index in [1.54, 1.807) is 0 Å². The first-order valence-electron chi connectivity index (χ1n) is 7.84. The van der Waals surface area contributed by atoms with E-state index in [4.69, 9.17) is 11.6 Å². The Kier molecular flexibility index (Phi) is 4.81. The van der Waals surface area contributed by atoms with Crippen molar-refractivity contribution in [3.05, 3.63) is 0 Å². The molecular weight excluding hydrogens is 258 g/mol. The van der Waals surface area contributed by atoms with Crippen LogP contribution in [0.15, 0.2) is 0 Å². The van der Waals surface area contributed by atoms with Crippen LogP contribution in [0.3, 0.4) is 0 Å². The van der Waals surface area contributed by atoms with Gasteiger partial charge in [0.2, 0.25) is 5.91 Å². The van der Waals surface area contributed by atoms with Crippen LogP contribution in [0.5, 0.6) is 0 Å². The molecule has 1 saturated carbocycles. The van der Waals surface area contributed by atoms with Crippen LogP contribution in [0.1, 0.15) is 59.3 Å². The Morgan fingerprint density at radius 3 is 2.37 bits per heavy atom. The third-order valence-electron chi connectivity index (χ3n) is 5.31. The minimum atomic E-state index is 0.186. The first-order valence-corrected chi connectivity index (χ1v) is 8.28. The lowest BCUT2D eigenvalue weighted by atomic mass is 9.68. The van der Waals surface area contributed by atoms with Gasteiger partial charge in [0.1, 0.15) is 0 Å². The first kappa shape index (κ1) is 15.2. The summed E-state index contributed by atoms with van der Waals surface area (Å²) in [6.45, 7) is 8.43. The summed E-state index contributed by atoms with van der Waals surface area (Å²) in [5.74, 6) is 1.24. The highest BCUT2D eigenvalue weighted by Crippen LogP contribution is 2.42. The molecular formula is C16H28ClNO. The number of carbonyl (C=O) groups excluding carboxylic acids is 1. The molecule has 19 heavy (non-hydrogen) atoms. The normalized spacial score (nSPS) is 30.1. The van der Waals surface area contributed by atoms with E-state index in [0.29, 0.717) is 11.8 Å². The largest absolute Gasteiger partial charge is 0.342 e. The molecule has 3 heteroatoms. The van der Waals surface area contributed by atoms with Crippen LogP contribution in [0, 0.1) is 17.3 Å². The third kappa shape index (κ3) is 3.45. The average Bonchev–Trinajstić information content (AvgIpc) is 2.37. The molecule has 0 spiro atoms. The lowest BCUT2D eigenvalue weighted by molar-refractivity contribution is -0.142. The van der Waals surface area contributed by atoms with Gasteiger partial charge in [0.05, 0.1) is 0 Å². The molecule has 2 rings (SSSR count). The van der Waals surface area contributed by atoms with Gasteiger partial charge in [0.25, 0.3) is 0 Å². The molecule has 1 amide bonds. The zero-order valence-corrected chi connectivity index (χ0v) is 13.4. The molecule has 0 N–H and O–H groups in total. The number of rotatable bonds is 2. The Balaban J connectivity index is 1.93. The van der Waals surface area contributed by atoms with Gasteiger partial charge in [-0.1, -0.05) is 26.7 Å². The monoisotopic (exact) mass is 285 g/mol. The Morgan fingerprint density at radius 1 is 1.21 bits per heavy atom. The lowest BCUT2D eigenvalue weighted by Crippen LogP contribution is -2.47. The summed E-state index contributed by atoms with van der Waals surface area (Å²) in [4.78, 5) is 14.8. The van der Waals surface area contributed by atoms with Crippen molar-refractivity contribution in [2.24, 2.45) is 17.3 Å². The number of amides is 1. The summed E-state index contributed by atoms with van der Waals surface area (Å²) in [7, 11) is 0. The molecule has 1 aliphatic heterocycles. The molecule has 0 aromatic heterocycles. The van der Waals surface area contributed by atoms with Crippen molar-refractivity contribution < 1.29 is 4.79 Å². The number of carbonyl (C=O) groups is 1. The van der Waals surface area contributed by atoms with Crippen molar-refractivity contribution in [2.75, 3.05) is 13.1 Å². The van der Waals surface area contributed by atoms with Gasteiger partial charge in [-0.05, 0) is 43.9 Å². The van der Waals surface area contributed by atoms with Crippen LogP contribution in [-0.4, -0.2) is 29.3 Å². The highest BCUT2D eigenvalue weighted by molar-refractivity contribution is 6.20. The van der Waals surface area contributed by atoms with Gasteiger partial charge in [-0.3, -0.25) is 4.79 Å². The van der Waals surface area contributed by atoms with E-state index in [-0.39, 0.29) is 16.7 Å². The van der Waals surface area contributed by atoms with Crippen molar-refractivity contribution in [1.82, 2.24) is 4.90 Å². The Bertz CT molecular complexity index is 319. The van der Waals surface area contributed by atoms with Crippen LogP contribution in [-0.2, 0) is 4.79 Å². The lowest BCUT2D eigenvalue weighted by Gasteiger charge is -2.42. The molecule has 1 heterocycles. The molecule has 2 nitrogen and oxygen atoms in total. The Labute approximate surface area is 122 Å². The van der Waals surface area contributed by atoms with Crippen LogP contribution >= 0.6 is 11.6 Å². The van der Waals surface area contributed by atoms with Crippen LogP contribution in [0.4, 0.5) is 0 Å². The Morgan fingerprint density at radius 2 is 1.84 bits per heavy atom. The van der Waals surface area contributed by atoms with Gasteiger partial charge in [0.15, 0.2) is 0 Å². The molecule has 0 aromatic carbocycles. The molecule has 2 aliphatic rings. The summed E-state index contributed by atoms with van der Waals surface area (Å²) in [6.07, 6.45) is 6.92. The summed E-state index contributed by atoms with van der Waals surface area (Å²) in [6, 6.07) is 0. The van der Waals surface area contributed by atoms with Crippen molar-refractivity contribution in [3.63, 3.8) is 0 Å². The fourth-order valence-corrected chi connectivity index (χ4v) is 4.00. The predicted molar refractivity (Wildman–Crippen MR) is 80.4 cm³/mol. The van der Waals surface area contributed by atoms with Crippen molar-refractivity contribution in [2.45, 2.75) is 64.7 Å². The third-order valence-corrected chi connectivity index (χ3v) is 5.66. The summed E-state index contributed by atoms with van der Waals surface area (Å²) >= 11 is 6.17. The van der Waals surface area contributed by atoms with Crippen molar-refractivity contribution in [3.8, 4) is 0 Å². The second kappa shape index (κ2) is 6.03. The molecule has 2 atom stereocenters. The summed E-state index contributed by atoms with van der Waals surface area (Å²) in [5, 5.41) is 0.239. The van der Waals surface area contributed by atoms with Crippen LogP contribution < -0.4 is 0 Å². The molecule has 2 fully saturated rings. The van der Waals surface area contributed by atoms with Crippen molar-refractivity contribution >= 4 is 17.5 Å². The number of nitrogens with zero attached hydrogens (tertiary/aromatic N) is 1. The van der Waals surface area contributed by atoms with Gasteiger partial charge < -0.3 is 4.90 Å². The zero-order valence-electron chi connectivity index (χ0n) is 12.6. The van der Waals surface area contributed by atoms with Crippen LogP contribution in [0.2, 0.25) is 0 Å². The smallest absolute Gasteiger partial charge is 0.226 e. The maximum absolute atomic E-state index is 12.7. The van der Waals surface area contributed by atoms with E-state index in [0.717, 1.165) is 32.4 Å². The zero-order chi connectivity index (χ0) is 14.0. The highest BCUT2D eigenvalue weighted by atomic mass is 35.5. The highest BCUT2D eigenvalue weighted by Gasteiger charge is 2.40. The molecule has 2 unspecified atom stereocenters. The van der Waals surface area contributed by atoms with E-state index >= 15 is 0 Å². The van der Waals surface area contributed by atoms with E-state index in [9.17, 15) is 4.79 Å². The van der Waals surface area contributed by atoms with E-state index in [1.165, 1.54) is 19.3 Å². The molecule has 0 radical (unpaired) electrons. The maximum atomic E-state index is 12.7. The number of alkyl halides is 1. The number of likely N-dealkylation sites (tertiary alicyclic amines) is 1. The first-order chi connectivity index (χ1) is 8.92. The Hall–Kier alpha value is -0.240. The molecule has 0 bridgehead atoms. The maximum Gasteiger partial charge on any atom is 0.226 e. The quantitative estimate of drug-likeness (QED) is 0.701. The minimum absolute atomic E-state index is 0.186. The predicted octanol–water partition coefficient (Wildman–Crippen LogP) is 4.07. The molecule has 1 saturated heterocycles. The van der Waals surface area contributed by atoms with Crippen molar-refractivity contribution in [1.29, 1.82) is 0 Å². The fraction of sp³-hybridized carbons (Fsp3) is 0.938. The van der Waals surface area contributed by atoms with Gasteiger partial charge in [-0.25, -0.2) is 0 Å². The molecule has 0 aromatic rings. The SMILES string of the molecule is CC(Cl)C1CCN(C(=O)C2CCCCC2(C)C)CC1. The molecule has 1 aliphatic carbocycles. The van der Waals surface area contributed by atoms with Gasteiger partial charge in [-0.15, -0.1) is 11.6 Å². The van der Waals surface area contributed by atoms with E-state index in [1.807, 2.05) is 0 Å². The van der Waals surface area contributed by atoms with Gasteiger partial charge in [0, 0.05) is 24.4 Å². The van der Waals surface area contributed by atoms with Crippen LogP contribution in [0.25, 0.3) is 0 Å². The minimum Gasteiger partial charge on any atom is -0.342 e. The number of hydrogen-bond donors (Lipinski definition) is 0. The second-order valence-corrected chi connectivity index (χ2v) is 7.82. The number of halogens is 1. The summed E-state index contributed by atoms with van der Waals surface area (Å²) in [5.41, 5.74) is 0.186. The second-order valence-electron chi connectivity index (χ2n) is 7.13. The van der Waals surface area contributed by atoms with E-state index in [2.05, 4.69) is 25.7 Å². The number of hydrogen-bond acceptors (Lipinski definition) is 1. The fourth-order valence-electron chi connectivity index (χ4n) is 3.75. The number of piperidine rings is 1. The van der Waals surface area contributed by atoms with Gasteiger partial charge >= 0.3 is 0 Å². The molecule has 110 valence electrons. The average molecular weight is 286 g/mol. The standard InChI is InChI=1S/C16H28ClNO/c1-12(17)13-7-10-18(11-8-13)15(19)14-6-4-5-9-16(14,2)3/h12-14H,4-11H2,1-3H3. The topological polar surface area (TPSA) is 20.3 Å². The van der Waals surface area contributed by atoms with E-state index < -0.39 is 0 Å². The van der Waals surface area contributed by atoms with Gasteiger partial charge in [-0.2, -0.15) is 0 Å².